The molecular formula is C19H28N2O5. The van der Waals surface area contributed by atoms with Crippen LogP contribution in [0.2, 0.25) is 0 Å². The zero-order valence-electron chi connectivity index (χ0n) is 15.6. The standard InChI is InChI=1S/C19H28N2O5/c1-19(2,3)26-17(23)20-12-16(22)15-10-7-11-21(15)18(24)25-13-14-8-5-4-6-9-14/h4-6,8-9,15-16,22H,7,10-13H2,1-3H3,(H,20,23). The number of ether oxygens (including phenoxy) is 2. The van der Waals surface area contributed by atoms with Gasteiger partial charge in [-0.2, -0.15) is 0 Å². The molecule has 7 nitrogen and oxygen atoms in total. The predicted octanol–water partition coefficient (Wildman–Crippen LogP) is 2.67. The fourth-order valence-corrected chi connectivity index (χ4v) is 2.86. The molecule has 1 aliphatic rings. The summed E-state index contributed by atoms with van der Waals surface area (Å²) < 4.78 is 10.5. The largest absolute Gasteiger partial charge is 0.445 e. The van der Waals surface area contributed by atoms with Gasteiger partial charge in [0.05, 0.1) is 12.1 Å². The summed E-state index contributed by atoms with van der Waals surface area (Å²) in [7, 11) is 0. The molecule has 2 rings (SSSR count). The van der Waals surface area contributed by atoms with E-state index in [1.54, 1.807) is 20.8 Å². The summed E-state index contributed by atoms with van der Waals surface area (Å²) in [6.07, 6.45) is -0.471. The number of hydrogen-bond acceptors (Lipinski definition) is 5. The molecule has 0 spiro atoms. The first-order chi connectivity index (χ1) is 12.3. The number of carbonyl (C=O) groups excluding carboxylic acids is 2. The van der Waals surface area contributed by atoms with Gasteiger partial charge in [0, 0.05) is 13.1 Å². The maximum absolute atomic E-state index is 12.3. The highest BCUT2D eigenvalue weighted by Gasteiger charge is 2.35. The van der Waals surface area contributed by atoms with Crippen LogP contribution in [0.25, 0.3) is 0 Å². The molecule has 7 heteroatoms. The van der Waals surface area contributed by atoms with Crippen molar-refractivity contribution < 1.29 is 24.2 Å². The van der Waals surface area contributed by atoms with Crippen LogP contribution in [0.4, 0.5) is 9.59 Å². The Bertz CT molecular complexity index is 600. The molecule has 2 amide bonds. The van der Waals surface area contributed by atoms with Crippen molar-refractivity contribution >= 4 is 12.2 Å². The van der Waals surface area contributed by atoms with Crippen LogP contribution in [0.3, 0.4) is 0 Å². The number of aliphatic hydroxyl groups is 1. The first-order valence-electron chi connectivity index (χ1n) is 8.88. The predicted molar refractivity (Wildman–Crippen MR) is 96.6 cm³/mol. The van der Waals surface area contributed by atoms with E-state index in [1.807, 2.05) is 30.3 Å². The Labute approximate surface area is 154 Å². The minimum Gasteiger partial charge on any atom is -0.445 e. The SMILES string of the molecule is CC(C)(C)OC(=O)NCC(O)C1CCCN1C(=O)OCc1ccccc1. The quantitative estimate of drug-likeness (QED) is 0.839. The van der Waals surface area contributed by atoms with Gasteiger partial charge in [-0.3, -0.25) is 0 Å². The third-order valence-corrected chi connectivity index (χ3v) is 4.04. The van der Waals surface area contributed by atoms with E-state index in [-0.39, 0.29) is 19.2 Å². The third kappa shape index (κ3) is 6.22. The van der Waals surface area contributed by atoms with Gasteiger partial charge in [-0.15, -0.1) is 0 Å². The number of hydrogen-bond donors (Lipinski definition) is 2. The smallest absolute Gasteiger partial charge is 0.410 e. The van der Waals surface area contributed by atoms with Crippen LogP contribution in [0.1, 0.15) is 39.2 Å². The molecule has 1 fully saturated rings. The zero-order chi connectivity index (χ0) is 19.2. The topological polar surface area (TPSA) is 88.1 Å². The summed E-state index contributed by atoms with van der Waals surface area (Å²) >= 11 is 0. The van der Waals surface area contributed by atoms with Gasteiger partial charge in [-0.05, 0) is 39.2 Å². The Kier molecular flexibility index (Phi) is 6.85. The van der Waals surface area contributed by atoms with E-state index < -0.39 is 23.9 Å². The second-order valence-corrected chi connectivity index (χ2v) is 7.39. The molecule has 1 heterocycles. The summed E-state index contributed by atoms with van der Waals surface area (Å²) in [4.78, 5) is 25.6. The highest BCUT2D eigenvalue weighted by molar-refractivity contribution is 5.69. The van der Waals surface area contributed by atoms with E-state index in [4.69, 9.17) is 9.47 Å². The Hall–Kier alpha value is -2.28. The van der Waals surface area contributed by atoms with Crippen molar-refractivity contribution in [1.82, 2.24) is 10.2 Å². The molecule has 1 aliphatic heterocycles. The van der Waals surface area contributed by atoms with Crippen LogP contribution in [0.15, 0.2) is 30.3 Å². The maximum Gasteiger partial charge on any atom is 0.410 e. The van der Waals surface area contributed by atoms with Crippen LogP contribution in [-0.2, 0) is 16.1 Å². The summed E-state index contributed by atoms with van der Waals surface area (Å²) in [6.45, 7) is 6.04. The van der Waals surface area contributed by atoms with Crippen molar-refractivity contribution in [3.05, 3.63) is 35.9 Å². The van der Waals surface area contributed by atoms with Crippen molar-refractivity contribution in [3.63, 3.8) is 0 Å². The molecule has 1 saturated heterocycles. The first-order valence-corrected chi connectivity index (χ1v) is 8.88. The number of alkyl carbamates (subject to hydrolysis) is 1. The van der Waals surface area contributed by atoms with E-state index in [0.717, 1.165) is 12.0 Å². The van der Waals surface area contributed by atoms with E-state index in [0.29, 0.717) is 13.0 Å². The van der Waals surface area contributed by atoms with Gasteiger partial charge in [-0.1, -0.05) is 30.3 Å². The second-order valence-electron chi connectivity index (χ2n) is 7.39. The number of carbonyl (C=O) groups is 2. The number of benzene rings is 1. The van der Waals surface area contributed by atoms with Crippen molar-refractivity contribution in [2.75, 3.05) is 13.1 Å². The Morgan fingerprint density at radius 2 is 2.00 bits per heavy atom. The van der Waals surface area contributed by atoms with Crippen molar-refractivity contribution in [2.24, 2.45) is 0 Å². The molecule has 0 bridgehead atoms. The number of likely N-dealkylation sites (tertiary alicyclic amines) is 1. The van der Waals surface area contributed by atoms with Gasteiger partial charge < -0.3 is 24.8 Å². The molecule has 2 unspecified atom stereocenters. The third-order valence-electron chi connectivity index (χ3n) is 4.04. The van der Waals surface area contributed by atoms with Gasteiger partial charge in [0.25, 0.3) is 0 Å². The lowest BCUT2D eigenvalue weighted by atomic mass is 10.1. The first kappa shape index (κ1) is 20.0. The number of nitrogens with one attached hydrogen (secondary N) is 1. The molecule has 1 aromatic rings. The van der Waals surface area contributed by atoms with Gasteiger partial charge in [0.1, 0.15) is 12.2 Å². The Morgan fingerprint density at radius 3 is 2.65 bits per heavy atom. The number of rotatable bonds is 5. The van der Waals surface area contributed by atoms with E-state index in [2.05, 4.69) is 5.32 Å². The monoisotopic (exact) mass is 364 g/mol. The highest BCUT2D eigenvalue weighted by Crippen LogP contribution is 2.21. The number of nitrogens with zero attached hydrogens (tertiary/aromatic N) is 1. The number of amides is 2. The lowest BCUT2D eigenvalue weighted by Gasteiger charge is -2.28. The van der Waals surface area contributed by atoms with Crippen LogP contribution in [-0.4, -0.2) is 53.0 Å². The van der Waals surface area contributed by atoms with Gasteiger partial charge in [0.2, 0.25) is 0 Å². The number of aliphatic hydroxyl groups excluding tert-OH is 1. The van der Waals surface area contributed by atoms with Crippen LogP contribution < -0.4 is 5.32 Å². The zero-order valence-corrected chi connectivity index (χ0v) is 15.6. The second kappa shape index (κ2) is 8.89. The molecule has 0 aliphatic carbocycles. The molecule has 2 N–H and O–H groups in total. The lowest BCUT2D eigenvalue weighted by Crippen LogP contribution is -2.48. The maximum atomic E-state index is 12.3. The molecule has 0 radical (unpaired) electrons. The van der Waals surface area contributed by atoms with E-state index in [9.17, 15) is 14.7 Å². The highest BCUT2D eigenvalue weighted by atomic mass is 16.6. The van der Waals surface area contributed by atoms with Crippen LogP contribution in [0, 0.1) is 0 Å². The summed E-state index contributed by atoms with van der Waals surface area (Å²) in [5.74, 6) is 0. The molecule has 1 aromatic carbocycles. The van der Waals surface area contributed by atoms with E-state index in [1.165, 1.54) is 4.90 Å². The van der Waals surface area contributed by atoms with Crippen molar-refractivity contribution in [2.45, 2.75) is 58.0 Å². The molecular weight excluding hydrogens is 336 g/mol. The fourth-order valence-electron chi connectivity index (χ4n) is 2.86. The molecule has 144 valence electrons. The fraction of sp³-hybridized carbons (Fsp3) is 0.579. The van der Waals surface area contributed by atoms with E-state index >= 15 is 0 Å². The molecule has 0 saturated carbocycles. The van der Waals surface area contributed by atoms with Crippen LogP contribution >= 0.6 is 0 Å². The van der Waals surface area contributed by atoms with Gasteiger partial charge in [0.15, 0.2) is 0 Å². The summed E-state index contributed by atoms with van der Waals surface area (Å²) in [6, 6.07) is 9.05. The average molecular weight is 364 g/mol. The minimum absolute atomic E-state index is 0.0159. The van der Waals surface area contributed by atoms with Gasteiger partial charge in [-0.25, -0.2) is 9.59 Å². The average Bonchev–Trinajstić information content (AvgIpc) is 3.07. The lowest BCUT2D eigenvalue weighted by molar-refractivity contribution is 0.0361. The van der Waals surface area contributed by atoms with Crippen molar-refractivity contribution in [3.8, 4) is 0 Å². The molecule has 2 atom stereocenters. The summed E-state index contributed by atoms with van der Waals surface area (Å²) in [5, 5.41) is 12.9. The Balaban J connectivity index is 1.82. The van der Waals surface area contributed by atoms with Gasteiger partial charge >= 0.3 is 12.2 Å². The minimum atomic E-state index is -0.880. The Morgan fingerprint density at radius 1 is 1.31 bits per heavy atom. The molecule has 0 aromatic heterocycles. The summed E-state index contributed by atoms with van der Waals surface area (Å²) in [5.41, 5.74) is 0.305. The normalized spacial score (nSPS) is 18.3. The van der Waals surface area contributed by atoms with Crippen LogP contribution in [0.5, 0.6) is 0 Å². The van der Waals surface area contributed by atoms with Crippen molar-refractivity contribution in [1.29, 1.82) is 0 Å². The molecule has 26 heavy (non-hydrogen) atoms.